The van der Waals surface area contributed by atoms with Crippen molar-refractivity contribution >= 4 is 39.7 Å². The highest BCUT2D eigenvalue weighted by atomic mass is 32.1. The second kappa shape index (κ2) is 7.35. The van der Waals surface area contributed by atoms with Crippen LogP contribution in [0, 0.1) is 0 Å². The van der Waals surface area contributed by atoms with E-state index >= 15 is 0 Å². The number of thiazole rings is 1. The van der Waals surface area contributed by atoms with E-state index in [4.69, 9.17) is 4.74 Å². The number of hydrogen-bond donors (Lipinski definition) is 0. The van der Waals surface area contributed by atoms with Crippen molar-refractivity contribution in [2.75, 3.05) is 32.3 Å². The van der Waals surface area contributed by atoms with Gasteiger partial charge in [-0.15, -0.1) is 11.3 Å². The van der Waals surface area contributed by atoms with Crippen molar-refractivity contribution in [1.82, 2.24) is 15.0 Å². The van der Waals surface area contributed by atoms with Gasteiger partial charge in [0.15, 0.2) is 0 Å². The molecule has 0 radical (unpaired) electrons. The lowest BCUT2D eigenvalue weighted by Gasteiger charge is -2.08. The van der Waals surface area contributed by atoms with E-state index in [2.05, 4.69) is 15.0 Å². The first-order valence-corrected chi connectivity index (χ1v) is 8.24. The van der Waals surface area contributed by atoms with Crippen LogP contribution in [-0.2, 0) is 0 Å². The van der Waals surface area contributed by atoms with Crippen LogP contribution in [0.15, 0.2) is 30.6 Å². The standard InChI is InChI=1S/C17H17FN4OS/c1-22(2)17-19-10-12(11-20-17)3-6-16-21-14-9-13(23-8-7-18)4-5-15(14)24-16/h3-6,9-11H,7-8H2,1-2H3/b6-3+. The minimum absolute atomic E-state index is 0.0609. The first-order chi connectivity index (χ1) is 11.7. The molecule has 0 fully saturated rings. The zero-order valence-corrected chi connectivity index (χ0v) is 14.3. The van der Waals surface area contributed by atoms with E-state index in [1.165, 1.54) is 0 Å². The van der Waals surface area contributed by atoms with Gasteiger partial charge in [-0.3, -0.25) is 0 Å². The molecule has 5 nitrogen and oxygen atoms in total. The third-order valence-corrected chi connectivity index (χ3v) is 4.20. The van der Waals surface area contributed by atoms with Gasteiger partial charge in [-0.2, -0.15) is 0 Å². The van der Waals surface area contributed by atoms with Crippen molar-refractivity contribution in [3.63, 3.8) is 0 Å². The van der Waals surface area contributed by atoms with Crippen LogP contribution >= 0.6 is 11.3 Å². The molecule has 7 heteroatoms. The highest BCUT2D eigenvalue weighted by molar-refractivity contribution is 7.19. The van der Waals surface area contributed by atoms with Gasteiger partial charge in [0.1, 0.15) is 24.0 Å². The Morgan fingerprint density at radius 3 is 2.71 bits per heavy atom. The summed E-state index contributed by atoms with van der Waals surface area (Å²) in [4.78, 5) is 14.9. The summed E-state index contributed by atoms with van der Waals surface area (Å²) in [6.45, 7) is -0.441. The molecule has 0 saturated heterocycles. The fraction of sp³-hybridized carbons (Fsp3) is 0.235. The fourth-order valence-corrected chi connectivity index (χ4v) is 2.91. The van der Waals surface area contributed by atoms with Gasteiger partial charge in [-0.25, -0.2) is 19.3 Å². The van der Waals surface area contributed by atoms with E-state index < -0.39 is 6.67 Å². The van der Waals surface area contributed by atoms with Crippen LogP contribution in [0.3, 0.4) is 0 Å². The monoisotopic (exact) mass is 344 g/mol. The summed E-state index contributed by atoms with van der Waals surface area (Å²) in [5.74, 6) is 1.31. The van der Waals surface area contributed by atoms with Crippen LogP contribution in [-0.4, -0.2) is 42.3 Å². The molecule has 0 bridgehead atoms. The Morgan fingerprint density at radius 2 is 2.00 bits per heavy atom. The number of alkyl halides is 1. The van der Waals surface area contributed by atoms with Crippen LogP contribution < -0.4 is 9.64 Å². The molecule has 24 heavy (non-hydrogen) atoms. The van der Waals surface area contributed by atoms with Crippen LogP contribution in [0.25, 0.3) is 22.4 Å². The molecule has 0 aliphatic carbocycles. The summed E-state index contributed by atoms with van der Waals surface area (Å²) in [5.41, 5.74) is 1.75. The van der Waals surface area contributed by atoms with Crippen LogP contribution in [0.5, 0.6) is 5.75 Å². The molecular formula is C17H17FN4OS. The number of ether oxygens (including phenoxy) is 1. The average Bonchev–Trinajstić information content (AvgIpc) is 3.00. The van der Waals surface area contributed by atoms with Gasteiger partial charge in [-0.1, -0.05) is 0 Å². The van der Waals surface area contributed by atoms with Gasteiger partial charge in [0.25, 0.3) is 0 Å². The number of fused-ring (bicyclic) bond motifs is 1. The van der Waals surface area contributed by atoms with Gasteiger partial charge in [0, 0.05) is 38.1 Å². The zero-order valence-electron chi connectivity index (χ0n) is 13.4. The lowest BCUT2D eigenvalue weighted by Crippen LogP contribution is -2.12. The molecule has 1 aromatic carbocycles. The Balaban J connectivity index is 1.76. The Hall–Kier alpha value is -2.54. The molecule has 0 unspecified atom stereocenters. The summed E-state index contributed by atoms with van der Waals surface area (Å²) < 4.78 is 18.5. The predicted octanol–water partition coefficient (Wildman–Crippen LogP) is 3.67. The molecule has 0 spiro atoms. The quantitative estimate of drug-likeness (QED) is 0.683. The van der Waals surface area contributed by atoms with Gasteiger partial charge < -0.3 is 9.64 Å². The van der Waals surface area contributed by atoms with Crippen LogP contribution in [0.4, 0.5) is 10.3 Å². The highest BCUT2D eigenvalue weighted by Crippen LogP contribution is 2.27. The largest absolute Gasteiger partial charge is 0.491 e. The topological polar surface area (TPSA) is 51.1 Å². The van der Waals surface area contributed by atoms with E-state index in [1.807, 2.05) is 49.3 Å². The average molecular weight is 344 g/mol. The van der Waals surface area contributed by atoms with Gasteiger partial charge >= 0.3 is 0 Å². The Labute approximate surface area is 143 Å². The number of hydrogen-bond acceptors (Lipinski definition) is 6. The van der Waals surface area contributed by atoms with Crippen LogP contribution in [0.2, 0.25) is 0 Å². The molecule has 0 amide bonds. The van der Waals surface area contributed by atoms with E-state index in [1.54, 1.807) is 23.7 Å². The summed E-state index contributed by atoms with van der Waals surface area (Å²) in [6.07, 6.45) is 7.41. The molecule has 2 heterocycles. The molecule has 0 aliphatic heterocycles. The predicted molar refractivity (Wildman–Crippen MR) is 96.4 cm³/mol. The molecular weight excluding hydrogens is 327 g/mol. The molecule has 0 atom stereocenters. The smallest absolute Gasteiger partial charge is 0.224 e. The number of nitrogens with zero attached hydrogens (tertiary/aromatic N) is 4. The number of anilines is 1. The maximum atomic E-state index is 12.2. The van der Waals surface area contributed by atoms with E-state index in [-0.39, 0.29) is 6.61 Å². The molecule has 3 aromatic rings. The number of rotatable bonds is 6. The third-order valence-electron chi connectivity index (χ3n) is 3.20. The van der Waals surface area contributed by atoms with E-state index in [0.29, 0.717) is 11.7 Å². The van der Waals surface area contributed by atoms with Crippen molar-refractivity contribution in [3.8, 4) is 5.75 Å². The Kier molecular flexibility index (Phi) is 5.00. The lowest BCUT2D eigenvalue weighted by atomic mass is 10.3. The maximum absolute atomic E-state index is 12.2. The summed E-state index contributed by atoms with van der Waals surface area (Å²) in [5, 5.41) is 0.879. The molecule has 3 rings (SSSR count). The van der Waals surface area contributed by atoms with Crippen molar-refractivity contribution in [1.29, 1.82) is 0 Å². The van der Waals surface area contributed by atoms with Crippen molar-refractivity contribution in [2.45, 2.75) is 0 Å². The number of benzene rings is 1. The molecule has 0 N–H and O–H groups in total. The SMILES string of the molecule is CN(C)c1ncc(/C=C/c2nc3cc(OCCF)ccc3s2)cn1. The maximum Gasteiger partial charge on any atom is 0.224 e. The molecule has 0 saturated carbocycles. The second-order valence-electron chi connectivity index (χ2n) is 5.26. The first-order valence-electron chi connectivity index (χ1n) is 7.42. The third kappa shape index (κ3) is 3.86. The van der Waals surface area contributed by atoms with Crippen LogP contribution in [0.1, 0.15) is 10.6 Å². The summed E-state index contributed by atoms with van der Waals surface area (Å²) in [7, 11) is 3.80. The minimum atomic E-state index is -0.502. The zero-order chi connectivity index (χ0) is 16.9. The number of aromatic nitrogens is 3. The lowest BCUT2D eigenvalue weighted by molar-refractivity contribution is 0.273. The Morgan fingerprint density at radius 1 is 1.21 bits per heavy atom. The normalized spacial score (nSPS) is 11.3. The Bertz CT molecular complexity index is 845. The summed E-state index contributed by atoms with van der Waals surface area (Å²) >= 11 is 1.58. The first kappa shape index (κ1) is 16.3. The van der Waals surface area contributed by atoms with E-state index in [9.17, 15) is 4.39 Å². The van der Waals surface area contributed by atoms with Crippen molar-refractivity contribution in [2.24, 2.45) is 0 Å². The molecule has 124 valence electrons. The van der Waals surface area contributed by atoms with Gasteiger partial charge in [-0.05, 0) is 24.3 Å². The van der Waals surface area contributed by atoms with Gasteiger partial charge in [0.2, 0.25) is 5.95 Å². The highest BCUT2D eigenvalue weighted by Gasteiger charge is 2.04. The second-order valence-corrected chi connectivity index (χ2v) is 6.33. The van der Waals surface area contributed by atoms with Crippen molar-refractivity contribution < 1.29 is 9.13 Å². The fourth-order valence-electron chi connectivity index (χ4n) is 2.06. The summed E-state index contributed by atoms with van der Waals surface area (Å²) in [6, 6.07) is 5.60. The molecule has 0 aliphatic rings. The number of halogens is 1. The van der Waals surface area contributed by atoms with E-state index in [0.717, 1.165) is 20.8 Å². The van der Waals surface area contributed by atoms with Crippen molar-refractivity contribution in [3.05, 3.63) is 41.2 Å². The molecule has 2 aromatic heterocycles. The van der Waals surface area contributed by atoms with Gasteiger partial charge in [0.05, 0.1) is 10.2 Å². The minimum Gasteiger partial charge on any atom is -0.491 e.